The molecule has 0 unspecified atom stereocenters. The van der Waals surface area contributed by atoms with E-state index in [0.717, 1.165) is 0 Å². The maximum Gasteiger partial charge on any atom is 0.00441 e. The van der Waals surface area contributed by atoms with E-state index < -0.39 is 0 Å². The molecule has 1 heteroatoms. The van der Waals surface area contributed by atoms with E-state index in [-0.39, 0.29) is 0 Å². The highest BCUT2D eigenvalue weighted by Crippen LogP contribution is 2.35. The van der Waals surface area contributed by atoms with E-state index in [1.54, 1.807) is 0 Å². The lowest BCUT2D eigenvalue weighted by Crippen LogP contribution is -2.16. The first kappa shape index (κ1) is 6.09. The normalized spacial score (nSPS) is 35.6. The van der Waals surface area contributed by atoms with Gasteiger partial charge in [0.1, 0.15) is 0 Å². The Kier molecular flexibility index (Phi) is 1.31. The van der Waals surface area contributed by atoms with Gasteiger partial charge in [-0.3, -0.25) is 0 Å². The van der Waals surface area contributed by atoms with E-state index in [0.29, 0.717) is 11.5 Å². The Hall–Kier alpha value is -0.0400. The fourth-order valence-corrected chi connectivity index (χ4v) is 1.49. The molecule has 0 aromatic heterocycles. The molecule has 0 heterocycles. The molecule has 0 radical (unpaired) electrons. The van der Waals surface area contributed by atoms with Gasteiger partial charge in [0.05, 0.1) is 0 Å². The molecule has 0 bridgehead atoms. The molecule has 0 spiro atoms. The summed E-state index contributed by atoms with van der Waals surface area (Å²) in [5.41, 5.74) is 6.25. The van der Waals surface area contributed by atoms with E-state index in [1.165, 1.54) is 19.3 Å². The van der Waals surface area contributed by atoms with Crippen LogP contribution in [0.4, 0.5) is 0 Å². The molecule has 1 fully saturated rings. The first-order valence-electron chi connectivity index (χ1n) is 3.36. The molecular formula is C7H15N. The van der Waals surface area contributed by atoms with E-state index in [4.69, 9.17) is 5.73 Å². The molecule has 1 atom stereocenters. The van der Waals surface area contributed by atoms with Gasteiger partial charge in [0.15, 0.2) is 0 Å². The van der Waals surface area contributed by atoms with Gasteiger partial charge in [-0.25, -0.2) is 0 Å². The van der Waals surface area contributed by atoms with Crippen molar-refractivity contribution in [2.75, 3.05) is 0 Å². The predicted octanol–water partition coefficient (Wildman–Crippen LogP) is 1.52. The molecule has 0 aromatic rings. The molecule has 1 rings (SSSR count). The zero-order valence-corrected chi connectivity index (χ0v) is 5.78. The van der Waals surface area contributed by atoms with Crippen molar-refractivity contribution in [1.29, 1.82) is 0 Å². The Balaban J connectivity index is 2.44. The van der Waals surface area contributed by atoms with Crippen LogP contribution in [0.2, 0.25) is 0 Å². The molecule has 0 amide bonds. The maximum absolute atomic E-state index is 5.71. The van der Waals surface area contributed by atoms with E-state index >= 15 is 0 Å². The minimum Gasteiger partial charge on any atom is -0.328 e. The fraction of sp³-hybridized carbons (Fsp3) is 1.00. The lowest BCUT2D eigenvalue weighted by Gasteiger charge is -2.14. The smallest absolute Gasteiger partial charge is 0.00441 e. The fourth-order valence-electron chi connectivity index (χ4n) is 1.49. The zero-order valence-electron chi connectivity index (χ0n) is 5.78. The van der Waals surface area contributed by atoms with Gasteiger partial charge in [0, 0.05) is 6.04 Å². The molecule has 8 heavy (non-hydrogen) atoms. The van der Waals surface area contributed by atoms with Crippen molar-refractivity contribution in [3.63, 3.8) is 0 Å². The highest BCUT2D eigenvalue weighted by atomic mass is 14.7. The van der Waals surface area contributed by atoms with Gasteiger partial charge in [-0.15, -0.1) is 0 Å². The quantitative estimate of drug-likeness (QED) is 0.506. The Morgan fingerprint density at radius 2 is 2.12 bits per heavy atom. The highest BCUT2D eigenvalue weighted by molar-refractivity contribution is 4.83. The number of hydrogen-bond acceptors (Lipinski definition) is 1. The predicted molar refractivity (Wildman–Crippen MR) is 35.6 cm³/mol. The molecule has 0 aromatic carbocycles. The van der Waals surface area contributed by atoms with Crippen LogP contribution in [0.15, 0.2) is 0 Å². The summed E-state index contributed by atoms with van der Waals surface area (Å²) in [7, 11) is 0. The van der Waals surface area contributed by atoms with Crippen molar-refractivity contribution >= 4 is 0 Å². The number of hydrogen-bond donors (Lipinski definition) is 1. The second-order valence-electron chi connectivity index (χ2n) is 3.67. The van der Waals surface area contributed by atoms with Crippen molar-refractivity contribution < 1.29 is 0 Å². The first-order valence-corrected chi connectivity index (χ1v) is 3.36. The number of nitrogens with two attached hydrogens (primary N) is 1. The van der Waals surface area contributed by atoms with Crippen molar-refractivity contribution in [2.45, 2.75) is 39.2 Å². The molecule has 2 N–H and O–H groups in total. The standard InChI is InChI=1S/C7H15N/c1-7(2)4-3-6(8)5-7/h6H,3-5,8H2,1-2H3/t6-/m0/s1. The number of rotatable bonds is 0. The zero-order chi connectivity index (χ0) is 6.20. The van der Waals surface area contributed by atoms with Crippen LogP contribution < -0.4 is 5.73 Å². The third-order valence-corrected chi connectivity index (χ3v) is 2.01. The molecule has 1 aliphatic rings. The third kappa shape index (κ3) is 1.22. The van der Waals surface area contributed by atoms with Gasteiger partial charge in [-0.05, 0) is 24.7 Å². The van der Waals surface area contributed by atoms with Crippen molar-refractivity contribution in [3.8, 4) is 0 Å². The van der Waals surface area contributed by atoms with Crippen molar-refractivity contribution in [2.24, 2.45) is 11.1 Å². The average molecular weight is 113 g/mol. The lowest BCUT2D eigenvalue weighted by molar-refractivity contribution is 0.376. The largest absolute Gasteiger partial charge is 0.328 e. The van der Waals surface area contributed by atoms with E-state index in [1.807, 2.05) is 0 Å². The molecule has 48 valence electrons. The summed E-state index contributed by atoms with van der Waals surface area (Å²) >= 11 is 0. The van der Waals surface area contributed by atoms with Crippen molar-refractivity contribution in [1.82, 2.24) is 0 Å². The minimum absolute atomic E-state index is 0.491. The van der Waals surface area contributed by atoms with Gasteiger partial charge in [0.2, 0.25) is 0 Å². The first-order chi connectivity index (χ1) is 3.60. The van der Waals surface area contributed by atoms with Crippen LogP contribution in [0.25, 0.3) is 0 Å². The van der Waals surface area contributed by atoms with Gasteiger partial charge < -0.3 is 5.73 Å². The minimum atomic E-state index is 0.491. The monoisotopic (exact) mass is 113 g/mol. The summed E-state index contributed by atoms with van der Waals surface area (Å²) in [6.45, 7) is 4.58. The summed E-state index contributed by atoms with van der Waals surface area (Å²) in [6.07, 6.45) is 3.76. The molecular weight excluding hydrogens is 98.1 g/mol. The second kappa shape index (κ2) is 1.73. The summed E-state index contributed by atoms with van der Waals surface area (Å²) in [5.74, 6) is 0. The van der Waals surface area contributed by atoms with Crippen LogP contribution >= 0.6 is 0 Å². The Labute approximate surface area is 51.3 Å². The SMILES string of the molecule is CC1(C)CC[C@H](N)C1. The average Bonchev–Trinajstić information content (AvgIpc) is 1.82. The van der Waals surface area contributed by atoms with Crippen LogP contribution in [0.3, 0.4) is 0 Å². The molecule has 1 nitrogen and oxygen atoms in total. The Morgan fingerprint density at radius 3 is 2.25 bits per heavy atom. The van der Waals surface area contributed by atoms with E-state index in [2.05, 4.69) is 13.8 Å². The lowest BCUT2D eigenvalue weighted by atomic mass is 9.92. The van der Waals surface area contributed by atoms with Crippen LogP contribution in [-0.2, 0) is 0 Å². The Morgan fingerprint density at radius 1 is 1.50 bits per heavy atom. The summed E-state index contributed by atoms with van der Waals surface area (Å²) in [6, 6.07) is 0.491. The molecule has 0 saturated heterocycles. The van der Waals surface area contributed by atoms with Gasteiger partial charge in [-0.2, -0.15) is 0 Å². The maximum atomic E-state index is 5.71. The van der Waals surface area contributed by atoms with Gasteiger partial charge in [-0.1, -0.05) is 13.8 Å². The second-order valence-corrected chi connectivity index (χ2v) is 3.67. The van der Waals surface area contributed by atoms with Crippen LogP contribution in [0.1, 0.15) is 33.1 Å². The molecule has 1 saturated carbocycles. The molecule has 0 aliphatic heterocycles. The van der Waals surface area contributed by atoms with Crippen molar-refractivity contribution in [3.05, 3.63) is 0 Å². The highest BCUT2D eigenvalue weighted by Gasteiger charge is 2.27. The van der Waals surface area contributed by atoms with E-state index in [9.17, 15) is 0 Å². The summed E-state index contributed by atoms with van der Waals surface area (Å²) < 4.78 is 0. The molecule has 1 aliphatic carbocycles. The Bertz CT molecular complexity index is 86.4. The summed E-state index contributed by atoms with van der Waals surface area (Å²) in [5, 5.41) is 0. The van der Waals surface area contributed by atoms with Gasteiger partial charge >= 0.3 is 0 Å². The van der Waals surface area contributed by atoms with Crippen LogP contribution in [-0.4, -0.2) is 6.04 Å². The van der Waals surface area contributed by atoms with Crippen LogP contribution in [0, 0.1) is 5.41 Å². The third-order valence-electron chi connectivity index (χ3n) is 2.01. The summed E-state index contributed by atoms with van der Waals surface area (Å²) in [4.78, 5) is 0. The topological polar surface area (TPSA) is 26.0 Å². The van der Waals surface area contributed by atoms with Gasteiger partial charge in [0.25, 0.3) is 0 Å². The van der Waals surface area contributed by atoms with Crippen LogP contribution in [0.5, 0.6) is 0 Å².